The van der Waals surface area contributed by atoms with Gasteiger partial charge in [-0.2, -0.15) is 0 Å². The van der Waals surface area contributed by atoms with Crippen LogP contribution in [-0.4, -0.2) is 27.6 Å². The number of carbonyl (C=O) groups excluding carboxylic acids is 3. The molecule has 2 aromatic rings. The van der Waals surface area contributed by atoms with Gasteiger partial charge in [0.15, 0.2) is 17.3 Å². The predicted molar refractivity (Wildman–Crippen MR) is 129 cm³/mol. The number of nitrogens with one attached hydrogen (secondary N) is 1. The number of aryl methyl sites for hydroxylation is 1. The number of allylic oxidation sites excluding steroid dienone is 4. The maximum atomic E-state index is 14.0. The highest BCUT2D eigenvalue weighted by molar-refractivity contribution is 6.31. The molecule has 2 unspecified atom stereocenters. The number of phenolic OH excluding ortho intramolecular Hbond substituents is 2. The number of benzene rings is 2. The van der Waals surface area contributed by atoms with Crippen molar-refractivity contribution in [2.24, 2.45) is 0 Å². The van der Waals surface area contributed by atoms with Crippen molar-refractivity contribution in [2.75, 3.05) is 0 Å². The minimum absolute atomic E-state index is 0.00902. The van der Waals surface area contributed by atoms with Crippen molar-refractivity contribution in [3.63, 3.8) is 0 Å². The van der Waals surface area contributed by atoms with Crippen molar-refractivity contribution >= 4 is 17.3 Å². The van der Waals surface area contributed by atoms with E-state index in [0.717, 1.165) is 24.8 Å². The van der Waals surface area contributed by atoms with Crippen LogP contribution in [0.1, 0.15) is 72.3 Å². The molecule has 180 valence electrons. The number of phenols is 2. The van der Waals surface area contributed by atoms with Gasteiger partial charge in [0.25, 0.3) is 0 Å². The normalized spacial score (nSPS) is 24.1. The summed E-state index contributed by atoms with van der Waals surface area (Å²) in [6.07, 6.45) is 4.10. The summed E-state index contributed by atoms with van der Waals surface area (Å²) in [4.78, 5) is 39.4. The van der Waals surface area contributed by atoms with Gasteiger partial charge in [-0.25, -0.2) is 0 Å². The van der Waals surface area contributed by atoms with Crippen LogP contribution in [0.25, 0.3) is 0 Å². The molecular formula is C28H27NO6. The number of ether oxygens (including phenoxy) is 1. The quantitative estimate of drug-likeness (QED) is 0.347. The molecule has 1 heterocycles. The van der Waals surface area contributed by atoms with Crippen LogP contribution < -0.4 is 10.1 Å². The summed E-state index contributed by atoms with van der Waals surface area (Å²) in [6, 6.07) is 8.11. The van der Waals surface area contributed by atoms with E-state index in [1.54, 1.807) is 13.8 Å². The van der Waals surface area contributed by atoms with E-state index < -0.39 is 28.5 Å². The SMILES string of the molecule is CC(=O)c1c(O)c(C)c(O)c2c1OC1=CC(=O)C(=C(C)NC3CCCc4ccccc43)C(=O)C12C. The first-order chi connectivity index (χ1) is 16.6. The van der Waals surface area contributed by atoms with Crippen LogP contribution in [0.2, 0.25) is 0 Å². The Balaban J connectivity index is 1.63. The Kier molecular flexibility index (Phi) is 5.13. The van der Waals surface area contributed by atoms with Crippen LogP contribution >= 0.6 is 0 Å². The first kappa shape index (κ1) is 22.9. The highest BCUT2D eigenvalue weighted by Crippen LogP contribution is 2.57. The average Bonchev–Trinajstić information content (AvgIpc) is 3.10. The summed E-state index contributed by atoms with van der Waals surface area (Å²) < 4.78 is 5.82. The van der Waals surface area contributed by atoms with Crippen molar-refractivity contribution in [3.8, 4) is 17.2 Å². The van der Waals surface area contributed by atoms with Crippen molar-refractivity contribution in [3.05, 3.63) is 75.2 Å². The fraction of sp³-hybridized carbons (Fsp3) is 0.321. The standard InChI is InChI=1S/C28H27NO6/c1-13-24(32)22(15(3)30)26-23(25(13)33)28(4)20(35-26)12-19(31)21(27(28)34)14(2)29-18-11-7-9-16-8-5-6-10-17(16)18/h5-6,8,10,12,18,29,32-33H,7,9,11H2,1-4H3. The molecule has 0 aromatic heterocycles. The summed E-state index contributed by atoms with van der Waals surface area (Å²) in [5.74, 6) is -2.29. The number of aromatic hydroxyl groups is 2. The Morgan fingerprint density at radius 2 is 1.86 bits per heavy atom. The Labute approximate surface area is 203 Å². The maximum Gasteiger partial charge on any atom is 0.194 e. The molecule has 7 heteroatoms. The van der Waals surface area contributed by atoms with E-state index in [-0.39, 0.29) is 45.6 Å². The van der Waals surface area contributed by atoms with Gasteiger partial charge < -0.3 is 20.3 Å². The zero-order valence-corrected chi connectivity index (χ0v) is 20.1. The summed E-state index contributed by atoms with van der Waals surface area (Å²) in [7, 11) is 0. The highest BCUT2D eigenvalue weighted by Gasteiger charge is 2.56. The van der Waals surface area contributed by atoms with Crippen molar-refractivity contribution in [2.45, 2.75) is 58.4 Å². The number of hydrogen-bond donors (Lipinski definition) is 3. The van der Waals surface area contributed by atoms with Gasteiger partial charge >= 0.3 is 0 Å². The first-order valence-corrected chi connectivity index (χ1v) is 11.7. The number of fused-ring (bicyclic) bond motifs is 4. The molecular weight excluding hydrogens is 446 g/mol. The molecule has 0 fully saturated rings. The summed E-state index contributed by atoms with van der Waals surface area (Å²) >= 11 is 0. The van der Waals surface area contributed by atoms with Gasteiger partial charge in [0.2, 0.25) is 0 Å². The van der Waals surface area contributed by atoms with Crippen LogP contribution in [0, 0.1) is 6.92 Å². The van der Waals surface area contributed by atoms with E-state index in [9.17, 15) is 24.6 Å². The van der Waals surface area contributed by atoms with Gasteiger partial charge in [-0.1, -0.05) is 24.3 Å². The second-order valence-electron chi connectivity index (χ2n) is 9.67. The fourth-order valence-corrected chi connectivity index (χ4v) is 5.60. The molecule has 0 saturated heterocycles. The number of carbonyl (C=O) groups is 3. The largest absolute Gasteiger partial charge is 0.507 e. The lowest BCUT2D eigenvalue weighted by Gasteiger charge is -2.31. The molecule has 0 spiro atoms. The first-order valence-electron chi connectivity index (χ1n) is 11.7. The van der Waals surface area contributed by atoms with Gasteiger partial charge in [0.05, 0.1) is 17.2 Å². The third kappa shape index (κ3) is 3.14. The lowest BCUT2D eigenvalue weighted by Crippen LogP contribution is -2.41. The molecule has 5 rings (SSSR count). The second kappa shape index (κ2) is 7.83. The predicted octanol–water partition coefficient (Wildman–Crippen LogP) is 4.24. The monoisotopic (exact) mass is 473 g/mol. The number of Topliss-reactive ketones (excluding diaryl/α,β-unsaturated/α-hetero) is 2. The topological polar surface area (TPSA) is 113 Å². The van der Waals surface area contributed by atoms with Gasteiger partial charge in [-0.05, 0) is 58.1 Å². The zero-order chi connectivity index (χ0) is 25.2. The smallest absolute Gasteiger partial charge is 0.194 e. The minimum Gasteiger partial charge on any atom is -0.507 e. The van der Waals surface area contributed by atoms with E-state index in [4.69, 9.17) is 4.74 Å². The Morgan fingerprint density at radius 1 is 1.14 bits per heavy atom. The molecule has 3 aliphatic rings. The van der Waals surface area contributed by atoms with Crippen molar-refractivity contribution in [1.29, 1.82) is 0 Å². The molecule has 0 saturated carbocycles. The van der Waals surface area contributed by atoms with Crippen LogP contribution in [0.4, 0.5) is 0 Å². The average molecular weight is 474 g/mol. The lowest BCUT2D eigenvalue weighted by molar-refractivity contribution is -0.123. The molecule has 0 radical (unpaired) electrons. The number of ketones is 3. The Morgan fingerprint density at radius 3 is 2.57 bits per heavy atom. The molecule has 7 nitrogen and oxygen atoms in total. The molecule has 0 amide bonds. The van der Waals surface area contributed by atoms with Crippen LogP contribution in [-0.2, 0) is 21.4 Å². The van der Waals surface area contributed by atoms with E-state index in [2.05, 4.69) is 17.4 Å². The Hall–Kier alpha value is -3.87. The summed E-state index contributed by atoms with van der Waals surface area (Å²) in [5, 5.41) is 24.8. The third-order valence-corrected chi connectivity index (χ3v) is 7.52. The van der Waals surface area contributed by atoms with Crippen molar-refractivity contribution in [1.82, 2.24) is 5.32 Å². The number of hydrogen-bond acceptors (Lipinski definition) is 7. The van der Waals surface area contributed by atoms with Gasteiger partial charge in [0.1, 0.15) is 34.0 Å². The van der Waals surface area contributed by atoms with E-state index >= 15 is 0 Å². The molecule has 2 aromatic carbocycles. The molecule has 3 N–H and O–H groups in total. The fourth-order valence-electron chi connectivity index (χ4n) is 5.60. The van der Waals surface area contributed by atoms with Crippen LogP contribution in [0.3, 0.4) is 0 Å². The lowest BCUT2D eigenvalue weighted by atomic mass is 9.70. The van der Waals surface area contributed by atoms with E-state index in [0.29, 0.717) is 5.70 Å². The zero-order valence-electron chi connectivity index (χ0n) is 20.1. The molecule has 2 aliphatic carbocycles. The van der Waals surface area contributed by atoms with Crippen LogP contribution in [0.15, 0.2) is 47.4 Å². The molecule has 2 atom stereocenters. The molecule has 0 bridgehead atoms. The molecule has 35 heavy (non-hydrogen) atoms. The van der Waals surface area contributed by atoms with E-state index in [1.165, 1.54) is 25.5 Å². The second-order valence-corrected chi connectivity index (χ2v) is 9.67. The minimum atomic E-state index is -1.52. The summed E-state index contributed by atoms with van der Waals surface area (Å²) in [5.41, 5.74) is 1.38. The van der Waals surface area contributed by atoms with Gasteiger partial charge in [-0.15, -0.1) is 0 Å². The summed E-state index contributed by atoms with van der Waals surface area (Å²) in [6.45, 7) is 6.01. The third-order valence-electron chi connectivity index (χ3n) is 7.52. The number of rotatable bonds is 3. The van der Waals surface area contributed by atoms with Gasteiger partial charge in [-0.3, -0.25) is 14.4 Å². The maximum absolute atomic E-state index is 14.0. The van der Waals surface area contributed by atoms with Crippen LogP contribution in [0.5, 0.6) is 17.2 Å². The Bertz CT molecular complexity index is 1400. The van der Waals surface area contributed by atoms with Gasteiger partial charge in [0, 0.05) is 17.3 Å². The van der Waals surface area contributed by atoms with Crippen molar-refractivity contribution < 1.29 is 29.3 Å². The molecule has 1 aliphatic heterocycles. The highest BCUT2D eigenvalue weighted by atomic mass is 16.5. The van der Waals surface area contributed by atoms with E-state index in [1.807, 2.05) is 12.1 Å².